The first-order valence-corrected chi connectivity index (χ1v) is 5.87. The van der Waals surface area contributed by atoms with Crippen LogP contribution in [0.5, 0.6) is 0 Å². The van der Waals surface area contributed by atoms with Crippen LogP contribution >= 0.6 is 15.9 Å². The Kier molecular flexibility index (Phi) is 3.75. The van der Waals surface area contributed by atoms with E-state index in [1.807, 2.05) is 0 Å². The molecule has 0 unspecified atom stereocenters. The van der Waals surface area contributed by atoms with Gasteiger partial charge in [0.15, 0.2) is 0 Å². The second-order valence-corrected chi connectivity index (χ2v) is 4.46. The van der Waals surface area contributed by atoms with Crippen molar-refractivity contribution in [3.05, 3.63) is 52.1 Å². The summed E-state index contributed by atoms with van der Waals surface area (Å²) in [6.07, 6.45) is 1.28. The van der Waals surface area contributed by atoms with E-state index in [-0.39, 0.29) is 21.5 Å². The molecular formula is C12H7BrF2N2O2. The van der Waals surface area contributed by atoms with Gasteiger partial charge in [0.05, 0.1) is 15.7 Å². The maximum atomic E-state index is 13.5. The van der Waals surface area contributed by atoms with Crippen LogP contribution in [-0.2, 0) is 0 Å². The number of hydrogen-bond acceptors (Lipinski definition) is 3. The molecule has 1 aromatic heterocycles. The summed E-state index contributed by atoms with van der Waals surface area (Å²) in [5.74, 6) is -2.50. The van der Waals surface area contributed by atoms with E-state index in [9.17, 15) is 13.6 Å². The van der Waals surface area contributed by atoms with Crippen LogP contribution in [0.4, 0.5) is 20.3 Å². The second kappa shape index (κ2) is 5.31. The number of carboxylic acid groups (broad SMARTS) is 1. The second-order valence-electron chi connectivity index (χ2n) is 3.61. The smallest absolute Gasteiger partial charge is 0.335 e. The molecule has 0 aliphatic rings. The summed E-state index contributed by atoms with van der Waals surface area (Å²) in [6.45, 7) is 0. The predicted octanol–water partition coefficient (Wildman–Crippen LogP) is 3.56. The molecule has 0 atom stereocenters. The summed E-state index contributed by atoms with van der Waals surface area (Å²) in [4.78, 5) is 14.6. The summed E-state index contributed by atoms with van der Waals surface area (Å²) in [5, 5.41) is 11.4. The molecule has 0 amide bonds. The topological polar surface area (TPSA) is 62.2 Å². The number of hydrogen-bond donors (Lipinski definition) is 2. The molecule has 0 radical (unpaired) electrons. The van der Waals surface area contributed by atoms with E-state index in [0.29, 0.717) is 6.07 Å². The Morgan fingerprint density at radius 1 is 1.26 bits per heavy atom. The lowest BCUT2D eigenvalue weighted by molar-refractivity contribution is 0.0697. The SMILES string of the molecule is O=C(O)c1ccnc(Nc2cc(Br)c(F)cc2F)c1. The molecule has 0 bridgehead atoms. The molecule has 19 heavy (non-hydrogen) atoms. The number of aromatic carboxylic acids is 1. The molecule has 0 saturated heterocycles. The first kappa shape index (κ1) is 13.4. The van der Waals surface area contributed by atoms with E-state index < -0.39 is 17.6 Å². The minimum Gasteiger partial charge on any atom is -0.478 e. The Hall–Kier alpha value is -2.02. The number of rotatable bonds is 3. The lowest BCUT2D eigenvalue weighted by Gasteiger charge is -2.08. The van der Waals surface area contributed by atoms with Gasteiger partial charge in [-0.15, -0.1) is 0 Å². The van der Waals surface area contributed by atoms with E-state index in [2.05, 4.69) is 26.2 Å². The largest absolute Gasteiger partial charge is 0.478 e. The molecule has 0 saturated carbocycles. The Balaban J connectivity index is 2.33. The van der Waals surface area contributed by atoms with Crippen molar-refractivity contribution in [3.63, 3.8) is 0 Å². The number of carboxylic acids is 1. The first-order valence-electron chi connectivity index (χ1n) is 5.08. The van der Waals surface area contributed by atoms with E-state index >= 15 is 0 Å². The van der Waals surface area contributed by atoms with Crippen LogP contribution in [0.15, 0.2) is 34.9 Å². The Labute approximate surface area is 115 Å². The number of nitrogens with zero attached hydrogens (tertiary/aromatic N) is 1. The van der Waals surface area contributed by atoms with Gasteiger partial charge >= 0.3 is 5.97 Å². The Bertz CT molecular complexity index is 650. The number of nitrogens with one attached hydrogen (secondary N) is 1. The number of carbonyl (C=O) groups is 1. The number of anilines is 2. The third-order valence-corrected chi connectivity index (χ3v) is 2.89. The fourth-order valence-corrected chi connectivity index (χ4v) is 1.73. The van der Waals surface area contributed by atoms with Crippen LogP contribution in [0.2, 0.25) is 0 Å². The average molecular weight is 329 g/mol. The Morgan fingerprint density at radius 3 is 2.68 bits per heavy atom. The van der Waals surface area contributed by atoms with Crippen molar-refractivity contribution in [2.24, 2.45) is 0 Å². The summed E-state index contributed by atoms with van der Waals surface area (Å²) in [7, 11) is 0. The van der Waals surface area contributed by atoms with Crippen LogP contribution < -0.4 is 5.32 Å². The molecule has 1 aromatic carbocycles. The lowest BCUT2D eigenvalue weighted by Crippen LogP contribution is -2.01. The van der Waals surface area contributed by atoms with Crippen molar-refractivity contribution in [1.29, 1.82) is 0 Å². The monoisotopic (exact) mass is 328 g/mol. The zero-order valence-electron chi connectivity index (χ0n) is 9.32. The third kappa shape index (κ3) is 3.05. The highest BCUT2D eigenvalue weighted by atomic mass is 79.9. The minimum absolute atomic E-state index is 0.0108. The van der Waals surface area contributed by atoms with Gasteiger partial charge in [-0.05, 0) is 34.1 Å². The molecule has 0 spiro atoms. The van der Waals surface area contributed by atoms with Gasteiger partial charge in [-0.1, -0.05) is 0 Å². The van der Waals surface area contributed by atoms with E-state index in [1.165, 1.54) is 24.4 Å². The minimum atomic E-state index is -1.12. The molecule has 0 fully saturated rings. The number of benzene rings is 1. The highest BCUT2D eigenvalue weighted by Gasteiger charge is 2.10. The quantitative estimate of drug-likeness (QED) is 0.845. The highest BCUT2D eigenvalue weighted by Crippen LogP contribution is 2.26. The van der Waals surface area contributed by atoms with Crippen LogP contribution in [0, 0.1) is 11.6 Å². The molecule has 2 N–H and O–H groups in total. The molecule has 4 nitrogen and oxygen atoms in total. The van der Waals surface area contributed by atoms with Gasteiger partial charge in [-0.2, -0.15) is 0 Å². The third-order valence-electron chi connectivity index (χ3n) is 2.28. The van der Waals surface area contributed by atoms with E-state index in [0.717, 1.165) is 0 Å². The van der Waals surface area contributed by atoms with E-state index in [1.54, 1.807) is 0 Å². The highest BCUT2D eigenvalue weighted by molar-refractivity contribution is 9.10. The molecule has 0 aliphatic heterocycles. The molecule has 7 heteroatoms. The van der Waals surface area contributed by atoms with Crippen molar-refractivity contribution in [2.75, 3.05) is 5.32 Å². The fraction of sp³-hybridized carbons (Fsp3) is 0. The first-order chi connectivity index (χ1) is 8.97. The molecule has 98 valence electrons. The van der Waals surface area contributed by atoms with Gasteiger partial charge in [0, 0.05) is 12.3 Å². The molecule has 0 aliphatic carbocycles. The molecular weight excluding hydrogens is 322 g/mol. The zero-order chi connectivity index (χ0) is 14.0. The van der Waals surface area contributed by atoms with Crippen molar-refractivity contribution in [2.45, 2.75) is 0 Å². The molecule has 2 aromatic rings. The number of aromatic nitrogens is 1. The van der Waals surface area contributed by atoms with Crippen LogP contribution in [0.3, 0.4) is 0 Å². The maximum Gasteiger partial charge on any atom is 0.335 e. The number of pyridine rings is 1. The summed E-state index contributed by atoms with van der Waals surface area (Å²) >= 11 is 2.94. The standard InChI is InChI=1S/C12H7BrF2N2O2/c13-7-4-10(9(15)5-8(7)14)17-11-3-6(12(18)19)1-2-16-11/h1-5H,(H,16,17)(H,18,19). The normalized spacial score (nSPS) is 10.3. The molecule has 1 heterocycles. The lowest BCUT2D eigenvalue weighted by atomic mass is 10.2. The van der Waals surface area contributed by atoms with Gasteiger partial charge < -0.3 is 10.4 Å². The van der Waals surface area contributed by atoms with Crippen LogP contribution in [-0.4, -0.2) is 16.1 Å². The predicted molar refractivity (Wildman–Crippen MR) is 68.5 cm³/mol. The Morgan fingerprint density at radius 2 is 2.00 bits per heavy atom. The average Bonchev–Trinajstić information content (AvgIpc) is 2.36. The van der Waals surface area contributed by atoms with Crippen molar-refractivity contribution in [1.82, 2.24) is 4.98 Å². The zero-order valence-corrected chi connectivity index (χ0v) is 10.9. The summed E-state index contributed by atoms with van der Waals surface area (Å²) < 4.78 is 26.7. The van der Waals surface area contributed by atoms with Gasteiger partial charge in [0.25, 0.3) is 0 Å². The van der Waals surface area contributed by atoms with Crippen molar-refractivity contribution < 1.29 is 18.7 Å². The van der Waals surface area contributed by atoms with Gasteiger partial charge in [0.2, 0.25) is 0 Å². The van der Waals surface area contributed by atoms with Crippen molar-refractivity contribution in [3.8, 4) is 0 Å². The van der Waals surface area contributed by atoms with Crippen LogP contribution in [0.25, 0.3) is 0 Å². The van der Waals surface area contributed by atoms with Gasteiger partial charge in [-0.3, -0.25) is 0 Å². The number of halogens is 3. The van der Waals surface area contributed by atoms with Crippen LogP contribution in [0.1, 0.15) is 10.4 Å². The van der Waals surface area contributed by atoms with E-state index in [4.69, 9.17) is 5.11 Å². The fourth-order valence-electron chi connectivity index (χ4n) is 1.39. The maximum absolute atomic E-state index is 13.5. The van der Waals surface area contributed by atoms with Crippen molar-refractivity contribution >= 4 is 33.4 Å². The van der Waals surface area contributed by atoms with Gasteiger partial charge in [-0.25, -0.2) is 18.6 Å². The summed E-state index contributed by atoms with van der Waals surface area (Å²) in [5.41, 5.74) is 0.00222. The summed E-state index contributed by atoms with van der Waals surface area (Å²) in [6, 6.07) is 4.48. The van der Waals surface area contributed by atoms with Gasteiger partial charge in [0.1, 0.15) is 17.5 Å². The molecule has 2 rings (SSSR count).